The van der Waals surface area contributed by atoms with Crippen molar-refractivity contribution in [3.8, 4) is 0 Å². The summed E-state index contributed by atoms with van der Waals surface area (Å²) in [6, 6.07) is 16.5. The molecular formula is C28H41N3O3S2. The maximum absolute atomic E-state index is 12.9. The maximum Gasteiger partial charge on any atom is 0.229 e. The molecule has 1 N–H and O–H groups in total. The summed E-state index contributed by atoms with van der Waals surface area (Å²) in [6.07, 6.45) is 10.1. The maximum atomic E-state index is 12.9. The lowest BCUT2D eigenvalue weighted by molar-refractivity contribution is 0.0976. The van der Waals surface area contributed by atoms with Gasteiger partial charge in [-0.1, -0.05) is 50.5 Å². The zero-order chi connectivity index (χ0) is 26.0. The van der Waals surface area contributed by atoms with Gasteiger partial charge in [0.25, 0.3) is 0 Å². The summed E-state index contributed by atoms with van der Waals surface area (Å²) in [7, 11) is -3.40. The predicted molar refractivity (Wildman–Crippen MR) is 153 cm³/mol. The second kappa shape index (κ2) is 14.1. The largest absolute Gasteiger partial charge is 0.369 e. The average Bonchev–Trinajstić information content (AvgIpc) is 2.88. The molecule has 1 atom stereocenters. The van der Waals surface area contributed by atoms with Crippen molar-refractivity contribution in [2.75, 3.05) is 48.3 Å². The van der Waals surface area contributed by atoms with Crippen LogP contribution in [0.3, 0.4) is 0 Å². The number of ketones is 1. The van der Waals surface area contributed by atoms with Crippen molar-refractivity contribution < 1.29 is 13.2 Å². The molecule has 0 aliphatic carbocycles. The number of benzene rings is 2. The normalized spacial score (nSPS) is 15.6. The zero-order valence-corrected chi connectivity index (χ0v) is 23.5. The van der Waals surface area contributed by atoms with Crippen LogP contribution in [0.4, 0.5) is 11.4 Å². The van der Waals surface area contributed by atoms with Gasteiger partial charge in [-0.25, -0.2) is 8.42 Å². The van der Waals surface area contributed by atoms with Crippen LogP contribution in [-0.2, 0) is 10.0 Å². The predicted octanol–water partition coefficient (Wildman–Crippen LogP) is 5.90. The van der Waals surface area contributed by atoms with Gasteiger partial charge < -0.3 is 4.90 Å². The van der Waals surface area contributed by atoms with E-state index in [0.29, 0.717) is 23.7 Å². The van der Waals surface area contributed by atoms with Crippen LogP contribution in [-0.4, -0.2) is 63.8 Å². The molecule has 0 radical (unpaired) electrons. The minimum absolute atomic E-state index is 0.0702. The number of rotatable bonds is 14. The lowest BCUT2D eigenvalue weighted by Crippen LogP contribution is -2.50. The number of hydrogen-bond donors (Lipinski definition) is 1. The number of nitrogens with zero attached hydrogens (tertiary/aromatic N) is 2. The number of thioether (sulfide) groups is 1. The molecule has 1 aliphatic rings. The summed E-state index contributed by atoms with van der Waals surface area (Å²) < 4.78 is 26.0. The van der Waals surface area contributed by atoms with E-state index in [2.05, 4.69) is 51.8 Å². The van der Waals surface area contributed by atoms with E-state index >= 15 is 0 Å². The van der Waals surface area contributed by atoms with Gasteiger partial charge in [0.15, 0.2) is 5.78 Å². The van der Waals surface area contributed by atoms with Crippen LogP contribution in [0, 0.1) is 0 Å². The van der Waals surface area contributed by atoms with Crippen molar-refractivity contribution in [1.82, 2.24) is 4.90 Å². The molecule has 36 heavy (non-hydrogen) atoms. The van der Waals surface area contributed by atoms with Gasteiger partial charge in [-0.2, -0.15) is 0 Å². The second-order valence-electron chi connectivity index (χ2n) is 9.61. The van der Waals surface area contributed by atoms with Crippen LogP contribution in [0.1, 0.15) is 62.2 Å². The number of sulfonamides is 1. The number of Topliss-reactive ketones (excluding diaryl/α,β-unsaturated/α-hetero) is 1. The molecule has 1 heterocycles. The van der Waals surface area contributed by atoms with Gasteiger partial charge in [0.1, 0.15) is 0 Å². The lowest BCUT2D eigenvalue weighted by atomic mass is 9.98. The van der Waals surface area contributed by atoms with Crippen LogP contribution < -0.4 is 9.62 Å². The molecule has 8 heteroatoms. The van der Waals surface area contributed by atoms with Gasteiger partial charge in [0.05, 0.1) is 11.9 Å². The zero-order valence-electron chi connectivity index (χ0n) is 21.9. The first kappa shape index (κ1) is 28.5. The molecule has 6 nitrogen and oxygen atoms in total. The molecule has 0 spiro atoms. The molecule has 198 valence electrons. The topological polar surface area (TPSA) is 69.7 Å². The second-order valence-corrected chi connectivity index (χ2v) is 12.2. The van der Waals surface area contributed by atoms with E-state index in [1.165, 1.54) is 36.7 Å². The number of nitrogens with one attached hydrogen (secondary N) is 1. The number of anilines is 2. The third kappa shape index (κ3) is 8.82. The first-order chi connectivity index (χ1) is 17.3. The Morgan fingerprint density at radius 3 is 2.33 bits per heavy atom. The number of unbranched alkanes of at least 4 members (excludes halogenated alkanes) is 2. The molecule has 2 aromatic carbocycles. The number of carbonyl (C=O) groups excluding carboxylic acids is 1. The van der Waals surface area contributed by atoms with E-state index in [1.54, 1.807) is 12.1 Å². The summed E-state index contributed by atoms with van der Waals surface area (Å²) in [6.45, 7) is 6.53. The van der Waals surface area contributed by atoms with Crippen molar-refractivity contribution in [2.24, 2.45) is 0 Å². The van der Waals surface area contributed by atoms with Gasteiger partial charge in [-0.15, -0.1) is 11.8 Å². The van der Waals surface area contributed by atoms with Crippen molar-refractivity contribution in [3.05, 3.63) is 54.1 Å². The molecule has 0 aromatic heterocycles. The van der Waals surface area contributed by atoms with E-state index < -0.39 is 10.0 Å². The molecular weight excluding hydrogens is 490 g/mol. The SMILES string of the molecule is CCCCC(CCCCC(=O)c1ccc(SC)c(NS(C)(=O)=O)c1)N1CCN(c2ccccc2)CC1. The van der Waals surface area contributed by atoms with Crippen molar-refractivity contribution in [3.63, 3.8) is 0 Å². The van der Waals surface area contributed by atoms with Gasteiger partial charge in [-0.05, 0) is 49.8 Å². The third-order valence-corrected chi connectivity index (χ3v) is 8.24. The van der Waals surface area contributed by atoms with E-state index in [0.717, 1.165) is 56.6 Å². The highest BCUT2D eigenvalue weighted by Crippen LogP contribution is 2.28. The quantitative estimate of drug-likeness (QED) is 0.186. The molecule has 0 amide bonds. The Labute approximate surface area is 221 Å². The molecule has 2 aromatic rings. The first-order valence-corrected chi connectivity index (χ1v) is 16.2. The van der Waals surface area contributed by atoms with E-state index in [9.17, 15) is 13.2 Å². The number of piperazine rings is 1. The Hall–Kier alpha value is -2.03. The Balaban J connectivity index is 1.50. The summed E-state index contributed by atoms with van der Waals surface area (Å²) in [4.78, 5) is 18.8. The molecule has 0 saturated carbocycles. The fourth-order valence-electron chi connectivity index (χ4n) is 4.90. The highest BCUT2D eigenvalue weighted by Gasteiger charge is 2.23. The van der Waals surface area contributed by atoms with Crippen LogP contribution in [0.5, 0.6) is 0 Å². The summed E-state index contributed by atoms with van der Waals surface area (Å²) in [5.41, 5.74) is 2.35. The van der Waals surface area contributed by atoms with Crippen LogP contribution >= 0.6 is 11.8 Å². The minimum atomic E-state index is -3.40. The van der Waals surface area contributed by atoms with Crippen LogP contribution in [0.25, 0.3) is 0 Å². The van der Waals surface area contributed by atoms with Gasteiger partial charge in [0, 0.05) is 54.8 Å². The summed E-state index contributed by atoms with van der Waals surface area (Å²) in [5.74, 6) is 0.0702. The summed E-state index contributed by atoms with van der Waals surface area (Å²) >= 11 is 1.45. The Morgan fingerprint density at radius 2 is 1.69 bits per heavy atom. The molecule has 1 saturated heterocycles. The fraction of sp³-hybridized carbons (Fsp3) is 0.536. The first-order valence-electron chi connectivity index (χ1n) is 13.0. The van der Waals surface area contributed by atoms with Crippen molar-refractivity contribution >= 4 is 38.9 Å². The van der Waals surface area contributed by atoms with Gasteiger partial charge in [-0.3, -0.25) is 14.4 Å². The van der Waals surface area contributed by atoms with Crippen LogP contribution in [0.15, 0.2) is 53.4 Å². The highest BCUT2D eigenvalue weighted by atomic mass is 32.2. The van der Waals surface area contributed by atoms with Crippen molar-refractivity contribution in [1.29, 1.82) is 0 Å². The van der Waals surface area contributed by atoms with E-state index in [4.69, 9.17) is 0 Å². The molecule has 0 bridgehead atoms. The highest BCUT2D eigenvalue weighted by molar-refractivity contribution is 7.99. The smallest absolute Gasteiger partial charge is 0.229 e. The fourth-order valence-corrected chi connectivity index (χ4v) is 6.07. The standard InChI is InChI=1S/C28H41N3O3S2/c1-4-5-11-24(30-18-20-31(21-19-30)25-12-7-6-8-13-25)14-9-10-15-27(32)23-16-17-28(35-2)26(22-23)29-36(3,33)34/h6-8,12-13,16-17,22,24,29H,4-5,9-11,14-15,18-21H2,1-3H3. The minimum Gasteiger partial charge on any atom is -0.369 e. The van der Waals surface area contributed by atoms with Crippen molar-refractivity contribution in [2.45, 2.75) is 62.8 Å². The molecule has 1 aliphatic heterocycles. The Morgan fingerprint density at radius 1 is 1.00 bits per heavy atom. The van der Waals surface area contributed by atoms with E-state index in [-0.39, 0.29) is 5.78 Å². The van der Waals surface area contributed by atoms with Gasteiger partial charge >= 0.3 is 0 Å². The Kier molecular flexibility index (Phi) is 11.1. The Bertz CT molecular complexity index is 1070. The van der Waals surface area contributed by atoms with Gasteiger partial charge in [0.2, 0.25) is 10.0 Å². The lowest BCUT2D eigenvalue weighted by Gasteiger charge is -2.40. The van der Waals surface area contributed by atoms with E-state index in [1.807, 2.05) is 12.3 Å². The third-order valence-electron chi connectivity index (χ3n) is 6.85. The monoisotopic (exact) mass is 531 g/mol. The summed E-state index contributed by atoms with van der Waals surface area (Å²) in [5, 5.41) is 0. The molecule has 3 rings (SSSR count). The number of para-hydroxylation sites is 1. The average molecular weight is 532 g/mol. The van der Waals surface area contributed by atoms with Crippen LogP contribution in [0.2, 0.25) is 0 Å². The number of carbonyl (C=O) groups is 1. The molecule has 1 fully saturated rings. The number of hydrogen-bond acceptors (Lipinski definition) is 6. The molecule has 1 unspecified atom stereocenters.